The molecule has 0 spiro atoms. The monoisotopic (exact) mass is 471 g/mol. The van der Waals surface area contributed by atoms with Gasteiger partial charge < -0.3 is 5.32 Å². The SMILES string of the molecule is CC(=NNS(=O)(=O)c1ccc(F)cc1)c1ccc(NC(=O)c2csc3c2CCCC3)cc1. The van der Waals surface area contributed by atoms with Gasteiger partial charge in [-0.15, -0.1) is 11.3 Å². The highest BCUT2D eigenvalue weighted by atomic mass is 32.2. The molecule has 0 saturated heterocycles. The molecule has 3 aromatic rings. The first-order valence-corrected chi connectivity index (χ1v) is 12.5. The molecule has 1 amide bonds. The van der Waals surface area contributed by atoms with E-state index in [-0.39, 0.29) is 10.8 Å². The molecular formula is C23H22FN3O3S2. The summed E-state index contributed by atoms with van der Waals surface area (Å²) in [6, 6.07) is 11.5. The first kappa shape index (κ1) is 22.2. The molecule has 1 aliphatic carbocycles. The zero-order valence-electron chi connectivity index (χ0n) is 17.4. The van der Waals surface area contributed by atoms with Gasteiger partial charge in [-0.2, -0.15) is 18.4 Å². The van der Waals surface area contributed by atoms with Gasteiger partial charge in [0.25, 0.3) is 15.9 Å². The molecule has 0 fully saturated rings. The summed E-state index contributed by atoms with van der Waals surface area (Å²) in [5.74, 6) is -0.635. The third-order valence-corrected chi connectivity index (χ3v) is 7.64. The maximum atomic E-state index is 13.0. The second-order valence-corrected chi connectivity index (χ2v) is 10.2. The van der Waals surface area contributed by atoms with Gasteiger partial charge in [-0.1, -0.05) is 12.1 Å². The summed E-state index contributed by atoms with van der Waals surface area (Å²) < 4.78 is 37.6. The molecule has 1 heterocycles. The van der Waals surface area contributed by atoms with Crippen LogP contribution in [0.3, 0.4) is 0 Å². The largest absolute Gasteiger partial charge is 0.322 e. The van der Waals surface area contributed by atoms with E-state index in [9.17, 15) is 17.6 Å². The molecule has 0 bridgehead atoms. The van der Waals surface area contributed by atoms with Crippen LogP contribution in [-0.2, 0) is 22.9 Å². The van der Waals surface area contributed by atoms with Gasteiger partial charge in [-0.3, -0.25) is 4.79 Å². The van der Waals surface area contributed by atoms with Gasteiger partial charge in [0, 0.05) is 15.9 Å². The zero-order valence-corrected chi connectivity index (χ0v) is 19.0. The Morgan fingerprint density at radius 2 is 1.72 bits per heavy atom. The average molecular weight is 472 g/mol. The number of halogens is 1. The number of sulfonamides is 1. The normalized spacial score (nSPS) is 14.0. The lowest BCUT2D eigenvalue weighted by Crippen LogP contribution is -2.20. The molecule has 4 rings (SSSR count). The lowest BCUT2D eigenvalue weighted by atomic mass is 9.95. The van der Waals surface area contributed by atoms with Crippen molar-refractivity contribution >= 4 is 38.7 Å². The summed E-state index contributed by atoms with van der Waals surface area (Å²) in [4.78, 5) is 16.1. The molecule has 1 aliphatic rings. The minimum Gasteiger partial charge on any atom is -0.322 e. The molecule has 6 nitrogen and oxygen atoms in total. The van der Waals surface area contributed by atoms with Crippen LogP contribution in [0.5, 0.6) is 0 Å². The number of benzene rings is 2. The highest BCUT2D eigenvalue weighted by Crippen LogP contribution is 2.30. The predicted molar refractivity (Wildman–Crippen MR) is 124 cm³/mol. The number of hydrogen-bond donors (Lipinski definition) is 2. The predicted octanol–water partition coefficient (Wildman–Crippen LogP) is 4.72. The summed E-state index contributed by atoms with van der Waals surface area (Å²) >= 11 is 1.65. The van der Waals surface area contributed by atoms with Crippen LogP contribution < -0.4 is 10.1 Å². The third-order valence-electron chi connectivity index (χ3n) is 5.32. The molecule has 9 heteroatoms. The topological polar surface area (TPSA) is 87.6 Å². The Balaban J connectivity index is 1.42. The van der Waals surface area contributed by atoms with Crippen LogP contribution >= 0.6 is 11.3 Å². The summed E-state index contributed by atoms with van der Waals surface area (Å²) in [5, 5.41) is 8.81. The summed E-state index contributed by atoms with van der Waals surface area (Å²) in [7, 11) is -3.90. The molecule has 0 radical (unpaired) electrons. The van der Waals surface area contributed by atoms with E-state index in [0.717, 1.165) is 37.0 Å². The first-order valence-electron chi connectivity index (χ1n) is 10.2. The van der Waals surface area contributed by atoms with E-state index in [4.69, 9.17) is 0 Å². The van der Waals surface area contributed by atoms with E-state index in [0.29, 0.717) is 17.0 Å². The second-order valence-electron chi connectivity index (χ2n) is 7.54. The number of thiophene rings is 1. The number of nitrogens with zero attached hydrogens (tertiary/aromatic N) is 1. The molecule has 32 heavy (non-hydrogen) atoms. The number of carbonyl (C=O) groups excluding carboxylic acids is 1. The number of hydrazone groups is 1. The van der Waals surface area contributed by atoms with Crippen molar-refractivity contribution in [2.45, 2.75) is 37.5 Å². The standard InChI is InChI=1S/C23H22FN3O3S2/c1-15(26-27-32(29,30)19-12-8-17(24)9-13-19)16-6-10-18(11-7-16)25-23(28)21-14-31-22-5-3-2-4-20(21)22/h6-14,27H,2-5H2,1H3,(H,25,28). The van der Waals surface area contributed by atoms with Crippen LogP contribution in [-0.4, -0.2) is 20.0 Å². The van der Waals surface area contributed by atoms with E-state index < -0.39 is 15.8 Å². The molecule has 2 N–H and O–H groups in total. The Bertz CT molecular complexity index is 1260. The van der Waals surface area contributed by atoms with Gasteiger partial charge in [-0.05, 0) is 80.1 Å². The van der Waals surface area contributed by atoms with E-state index in [2.05, 4.69) is 15.2 Å². The van der Waals surface area contributed by atoms with Crippen LogP contribution in [0.1, 0.15) is 46.1 Å². The molecule has 166 valence electrons. The maximum Gasteiger partial charge on any atom is 0.276 e. The molecule has 0 unspecified atom stereocenters. The number of aryl methyl sites for hydroxylation is 1. The number of nitrogens with one attached hydrogen (secondary N) is 2. The second kappa shape index (κ2) is 9.22. The zero-order chi connectivity index (χ0) is 22.7. The number of carbonyl (C=O) groups is 1. The van der Waals surface area contributed by atoms with E-state index in [1.807, 2.05) is 5.38 Å². The van der Waals surface area contributed by atoms with Crippen LogP contribution in [0, 0.1) is 5.82 Å². The first-order chi connectivity index (χ1) is 15.3. The van der Waals surface area contributed by atoms with Crippen molar-refractivity contribution in [3.8, 4) is 0 Å². The molecule has 1 aromatic heterocycles. The summed E-state index contributed by atoms with van der Waals surface area (Å²) in [6.07, 6.45) is 4.29. The Kier molecular flexibility index (Phi) is 6.38. The van der Waals surface area contributed by atoms with E-state index in [1.165, 1.54) is 29.0 Å². The molecule has 0 saturated carbocycles. The number of hydrogen-bond acceptors (Lipinski definition) is 5. The lowest BCUT2D eigenvalue weighted by Gasteiger charge is -2.13. The fourth-order valence-corrected chi connectivity index (χ4v) is 5.52. The minimum absolute atomic E-state index is 0.0795. The van der Waals surface area contributed by atoms with Gasteiger partial charge in [0.2, 0.25) is 0 Å². The summed E-state index contributed by atoms with van der Waals surface area (Å²) in [5.41, 5.74) is 3.71. The smallest absolute Gasteiger partial charge is 0.276 e. The average Bonchev–Trinajstić information content (AvgIpc) is 3.23. The third kappa shape index (κ3) is 4.89. The maximum absolute atomic E-state index is 13.0. The van der Waals surface area contributed by atoms with Gasteiger partial charge in [-0.25, -0.2) is 4.39 Å². The lowest BCUT2D eigenvalue weighted by molar-refractivity contribution is 0.102. The van der Waals surface area contributed by atoms with Gasteiger partial charge in [0.15, 0.2) is 0 Å². The Morgan fingerprint density at radius 3 is 2.44 bits per heavy atom. The Morgan fingerprint density at radius 1 is 1.03 bits per heavy atom. The van der Waals surface area contributed by atoms with Crippen LogP contribution in [0.2, 0.25) is 0 Å². The van der Waals surface area contributed by atoms with E-state index >= 15 is 0 Å². The van der Waals surface area contributed by atoms with Crippen molar-refractivity contribution < 1.29 is 17.6 Å². The van der Waals surface area contributed by atoms with Crippen molar-refractivity contribution in [1.29, 1.82) is 0 Å². The molecule has 0 aliphatic heterocycles. The minimum atomic E-state index is -3.90. The molecule has 2 aromatic carbocycles. The van der Waals surface area contributed by atoms with Crippen LogP contribution in [0.25, 0.3) is 0 Å². The fourth-order valence-electron chi connectivity index (χ4n) is 3.54. The highest BCUT2D eigenvalue weighted by Gasteiger charge is 2.20. The van der Waals surface area contributed by atoms with Gasteiger partial charge >= 0.3 is 0 Å². The number of fused-ring (bicyclic) bond motifs is 1. The van der Waals surface area contributed by atoms with Gasteiger partial charge in [0.1, 0.15) is 5.82 Å². The summed E-state index contributed by atoms with van der Waals surface area (Å²) in [6.45, 7) is 1.67. The number of rotatable bonds is 6. The van der Waals surface area contributed by atoms with Crippen molar-refractivity contribution in [3.63, 3.8) is 0 Å². The van der Waals surface area contributed by atoms with Crippen molar-refractivity contribution in [3.05, 3.63) is 81.3 Å². The van der Waals surface area contributed by atoms with Crippen molar-refractivity contribution in [2.24, 2.45) is 5.10 Å². The number of anilines is 1. The van der Waals surface area contributed by atoms with Crippen LogP contribution in [0.4, 0.5) is 10.1 Å². The molecule has 0 atom stereocenters. The Hall–Kier alpha value is -3.04. The quantitative estimate of drug-likeness (QED) is 0.403. The fraction of sp³-hybridized carbons (Fsp3) is 0.217. The van der Waals surface area contributed by atoms with E-state index in [1.54, 1.807) is 42.5 Å². The van der Waals surface area contributed by atoms with Gasteiger partial charge in [0.05, 0.1) is 16.2 Å². The molecular weight excluding hydrogens is 449 g/mol. The highest BCUT2D eigenvalue weighted by molar-refractivity contribution is 7.89. The Labute approximate surface area is 190 Å². The van der Waals surface area contributed by atoms with Crippen molar-refractivity contribution in [1.82, 2.24) is 4.83 Å². The number of amides is 1. The van der Waals surface area contributed by atoms with Crippen LogP contribution in [0.15, 0.2) is 63.9 Å². The van der Waals surface area contributed by atoms with Crippen molar-refractivity contribution in [2.75, 3.05) is 5.32 Å².